The number of hydrogen-bond acceptors (Lipinski definition) is 6. The standard InChI is InChI=1S/C26H24N4O6S/c31-25(28-33)24-23-22(27-29(26(23)32)17-18-8-3-1-4-9-18)14-15-30(24)37(34,35)21-13-7-12-20(16-21)36-19-10-5-2-6-11-19/h1-13,16,24,27,33H,14-15,17H2,(H,28,31). The Kier molecular flexibility index (Phi) is 6.66. The predicted molar refractivity (Wildman–Crippen MR) is 134 cm³/mol. The summed E-state index contributed by atoms with van der Waals surface area (Å²) in [5.74, 6) is -0.201. The van der Waals surface area contributed by atoms with Gasteiger partial charge in [0.1, 0.15) is 17.5 Å². The molecule has 3 N–H and O–H groups in total. The van der Waals surface area contributed by atoms with Crippen LogP contribution >= 0.6 is 0 Å². The van der Waals surface area contributed by atoms with Crippen molar-refractivity contribution in [2.24, 2.45) is 0 Å². The van der Waals surface area contributed by atoms with Gasteiger partial charge < -0.3 is 4.74 Å². The topological polar surface area (TPSA) is 134 Å². The third kappa shape index (κ3) is 4.79. The maximum absolute atomic E-state index is 13.7. The molecule has 0 saturated heterocycles. The van der Waals surface area contributed by atoms with Gasteiger partial charge in [0, 0.05) is 24.7 Å². The van der Waals surface area contributed by atoms with Crippen LogP contribution in [0.15, 0.2) is 94.6 Å². The molecule has 1 aliphatic rings. The van der Waals surface area contributed by atoms with Gasteiger partial charge >= 0.3 is 0 Å². The van der Waals surface area contributed by atoms with Crippen LogP contribution in [0.3, 0.4) is 0 Å². The number of fused-ring (bicyclic) bond motifs is 1. The summed E-state index contributed by atoms with van der Waals surface area (Å²) in [5.41, 5.74) is 2.27. The van der Waals surface area contributed by atoms with E-state index in [1.807, 2.05) is 36.4 Å². The SMILES string of the molecule is O=C(NO)C1c2c([nH]n(Cc3ccccc3)c2=O)CCN1S(=O)(=O)c1cccc(Oc2ccccc2)c1. The van der Waals surface area contributed by atoms with Crippen LogP contribution in [0.1, 0.15) is 22.9 Å². The van der Waals surface area contributed by atoms with E-state index in [1.165, 1.54) is 28.4 Å². The number of carbonyl (C=O) groups excluding carboxylic acids is 1. The largest absolute Gasteiger partial charge is 0.457 e. The lowest BCUT2D eigenvalue weighted by Gasteiger charge is -2.32. The molecule has 10 nitrogen and oxygen atoms in total. The van der Waals surface area contributed by atoms with Gasteiger partial charge in [-0.05, 0) is 29.8 Å². The van der Waals surface area contributed by atoms with Crippen LogP contribution in [-0.2, 0) is 27.8 Å². The molecule has 2 heterocycles. The molecule has 4 aromatic rings. The molecule has 37 heavy (non-hydrogen) atoms. The number of hydrogen-bond donors (Lipinski definition) is 3. The number of sulfonamides is 1. The first kappa shape index (κ1) is 24.5. The van der Waals surface area contributed by atoms with Crippen molar-refractivity contribution in [1.29, 1.82) is 0 Å². The highest BCUT2D eigenvalue weighted by Gasteiger charge is 2.43. The number of hydroxylamine groups is 1. The summed E-state index contributed by atoms with van der Waals surface area (Å²) in [6, 6.07) is 22.5. The highest BCUT2D eigenvalue weighted by molar-refractivity contribution is 7.89. The van der Waals surface area contributed by atoms with Crippen molar-refractivity contribution in [3.8, 4) is 11.5 Å². The summed E-state index contributed by atoms with van der Waals surface area (Å²) in [4.78, 5) is 26.0. The fraction of sp³-hybridized carbons (Fsp3) is 0.154. The number of nitrogens with zero attached hydrogens (tertiary/aromatic N) is 2. The molecule has 190 valence electrons. The first-order chi connectivity index (χ1) is 17.9. The molecule has 1 amide bonds. The molecule has 3 aromatic carbocycles. The molecule has 5 rings (SSSR count). The molecule has 0 bridgehead atoms. The second-order valence-electron chi connectivity index (χ2n) is 8.52. The number of aromatic amines is 1. The maximum atomic E-state index is 13.7. The van der Waals surface area contributed by atoms with Gasteiger partial charge in [-0.2, -0.15) is 4.31 Å². The minimum atomic E-state index is -4.27. The van der Waals surface area contributed by atoms with E-state index in [4.69, 9.17) is 4.74 Å². The number of ether oxygens (including phenoxy) is 1. The van der Waals surface area contributed by atoms with E-state index < -0.39 is 27.5 Å². The molecule has 1 unspecified atom stereocenters. The Balaban J connectivity index is 1.51. The van der Waals surface area contributed by atoms with Gasteiger partial charge in [-0.15, -0.1) is 0 Å². The molecule has 1 aliphatic heterocycles. The highest BCUT2D eigenvalue weighted by Crippen LogP contribution is 2.34. The fourth-order valence-electron chi connectivity index (χ4n) is 4.43. The molecule has 0 fully saturated rings. The number of nitrogens with one attached hydrogen (secondary N) is 2. The Bertz CT molecular complexity index is 1580. The summed E-state index contributed by atoms with van der Waals surface area (Å²) in [6.07, 6.45) is 0.182. The lowest BCUT2D eigenvalue weighted by atomic mass is 10.0. The Hall–Kier alpha value is -4.19. The molecule has 1 atom stereocenters. The Morgan fingerprint density at radius 1 is 1.00 bits per heavy atom. The Morgan fingerprint density at radius 3 is 2.38 bits per heavy atom. The number of benzene rings is 3. The highest BCUT2D eigenvalue weighted by atomic mass is 32.2. The van der Waals surface area contributed by atoms with Crippen LogP contribution in [0.5, 0.6) is 11.5 Å². The van der Waals surface area contributed by atoms with Crippen LogP contribution in [0.4, 0.5) is 0 Å². The van der Waals surface area contributed by atoms with E-state index in [0.717, 1.165) is 9.87 Å². The van der Waals surface area contributed by atoms with Crippen LogP contribution in [0.2, 0.25) is 0 Å². The molecule has 0 saturated carbocycles. The van der Waals surface area contributed by atoms with Crippen molar-refractivity contribution < 1.29 is 23.2 Å². The van der Waals surface area contributed by atoms with Gasteiger partial charge in [-0.3, -0.25) is 19.9 Å². The number of amides is 1. The van der Waals surface area contributed by atoms with Gasteiger partial charge in [0.05, 0.1) is 17.0 Å². The third-order valence-corrected chi connectivity index (χ3v) is 8.01. The zero-order valence-electron chi connectivity index (χ0n) is 19.6. The van der Waals surface area contributed by atoms with E-state index in [-0.39, 0.29) is 30.0 Å². The second kappa shape index (κ2) is 10.1. The Morgan fingerprint density at radius 2 is 1.68 bits per heavy atom. The molecule has 0 radical (unpaired) electrons. The van der Waals surface area contributed by atoms with E-state index >= 15 is 0 Å². The number of rotatable bonds is 7. The quantitative estimate of drug-likeness (QED) is 0.254. The fourth-order valence-corrected chi connectivity index (χ4v) is 6.03. The molecule has 11 heteroatoms. The van der Waals surface area contributed by atoms with E-state index in [2.05, 4.69) is 5.10 Å². The van der Waals surface area contributed by atoms with Crippen molar-refractivity contribution in [2.45, 2.75) is 23.9 Å². The maximum Gasteiger partial charge on any atom is 0.272 e. The van der Waals surface area contributed by atoms with Gasteiger partial charge in [-0.25, -0.2) is 18.6 Å². The zero-order chi connectivity index (χ0) is 26.0. The second-order valence-corrected chi connectivity index (χ2v) is 10.4. The summed E-state index contributed by atoms with van der Waals surface area (Å²) < 4.78 is 35.5. The number of aromatic nitrogens is 2. The van der Waals surface area contributed by atoms with E-state index in [0.29, 0.717) is 17.2 Å². The van der Waals surface area contributed by atoms with Gasteiger partial charge in [0.15, 0.2) is 0 Å². The predicted octanol–water partition coefficient (Wildman–Crippen LogP) is 2.81. The summed E-state index contributed by atoms with van der Waals surface area (Å²) in [5, 5.41) is 12.5. The average molecular weight is 521 g/mol. The smallest absolute Gasteiger partial charge is 0.272 e. The minimum absolute atomic E-state index is 0.0194. The van der Waals surface area contributed by atoms with Crippen molar-refractivity contribution in [2.75, 3.05) is 6.54 Å². The normalized spacial score (nSPS) is 15.6. The van der Waals surface area contributed by atoms with E-state index in [1.54, 1.807) is 30.3 Å². The van der Waals surface area contributed by atoms with Gasteiger partial charge in [0.2, 0.25) is 10.0 Å². The molecule has 1 aromatic heterocycles. The van der Waals surface area contributed by atoms with Crippen LogP contribution < -0.4 is 15.8 Å². The van der Waals surface area contributed by atoms with Gasteiger partial charge in [0.25, 0.3) is 11.5 Å². The van der Waals surface area contributed by atoms with Crippen molar-refractivity contribution in [3.63, 3.8) is 0 Å². The van der Waals surface area contributed by atoms with Gasteiger partial charge in [-0.1, -0.05) is 54.6 Å². The number of H-pyrrole nitrogens is 1. The first-order valence-electron chi connectivity index (χ1n) is 11.5. The summed E-state index contributed by atoms with van der Waals surface area (Å²) >= 11 is 0. The van der Waals surface area contributed by atoms with Crippen molar-refractivity contribution in [3.05, 3.63) is 112 Å². The monoisotopic (exact) mass is 520 g/mol. The molecule has 0 spiro atoms. The molecular formula is C26H24N4O6S. The summed E-state index contributed by atoms with van der Waals surface area (Å²) in [6.45, 7) is 0.133. The average Bonchev–Trinajstić information content (AvgIpc) is 3.24. The Labute approximate surface area is 212 Å². The third-order valence-electron chi connectivity index (χ3n) is 6.15. The van der Waals surface area contributed by atoms with Crippen LogP contribution in [-0.4, -0.2) is 40.2 Å². The lowest BCUT2D eigenvalue weighted by molar-refractivity contribution is -0.133. The van der Waals surface area contributed by atoms with Crippen molar-refractivity contribution in [1.82, 2.24) is 19.6 Å². The number of para-hydroxylation sites is 1. The molecular weight excluding hydrogens is 496 g/mol. The lowest BCUT2D eigenvalue weighted by Crippen LogP contribution is -2.48. The van der Waals surface area contributed by atoms with Crippen molar-refractivity contribution >= 4 is 15.9 Å². The minimum Gasteiger partial charge on any atom is -0.457 e. The number of carbonyl (C=O) groups is 1. The van der Waals surface area contributed by atoms with Crippen LogP contribution in [0.25, 0.3) is 0 Å². The molecule has 0 aliphatic carbocycles. The summed E-state index contributed by atoms with van der Waals surface area (Å²) in [7, 11) is -4.27. The zero-order valence-corrected chi connectivity index (χ0v) is 20.4. The van der Waals surface area contributed by atoms with E-state index in [9.17, 15) is 23.2 Å². The van der Waals surface area contributed by atoms with Crippen LogP contribution in [0, 0.1) is 0 Å². The first-order valence-corrected chi connectivity index (χ1v) is 13.0.